The minimum Gasteiger partial charge on any atom is -0.452 e. The fourth-order valence-corrected chi connectivity index (χ4v) is 4.64. The summed E-state index contributed by atoms with van der Waals surface area (Å²) in [5, 5.41) is 2.35. The van der Waals surface area contributed by atoms with Gasteiger partial charge in [0, 0.05) is 5.39 Å². The van der Waals surface area contributed by atoms with Gasteiger partial charge in [0.2, 0.25) is 0 Å². The van der Waals surface area contributed by atoms with Crippen molar-refractivity contribution in [3.05, 3.63) is 89.0 Å². The van der Waals surface area contributed by atoms with Crippen LogP contribution in [0.5, 0.6) is 11.5 Å². The predicted molar refractivity (Wildman–Crippen MR) is 132 cm³/mol. The smallest absolute Gasteiger partial charge is 0.159 e. The summed E-state index contributed by atoms with van der Waals surface area (Å²) in [6, 6.07) is 24.0. The molecule has 1 heterocycles. The second-order valence-electron chi connectivity index (χ2n) is 9.75. The fraction of sp³-hybridized carbons (Fsp3) is 0.241. The van der Waals surface area contributed by atoms with Crippen LogP contribution in [-0.2, 0) is 5.41 Å². The van der Waals surface area contributed by atoms with Crippen molar-refractivity contribution in [2.45, 2.75) is 47.0 Å². The zero-order chi connectivity index (χ0) is 21.9. The molecule has 0 N–H and O–H groups in total. The SMILES string of the molecule is Cc1ccc2c3c(ccc2c1)N(c1c(C)cc(C(C)(C)C)cc1C)c1ccccc1O3. The lowest BCUT2D eigenvalue weighted by atomic mass is 9.84. The average Bonchev–Trinajstić information content (AvgIpc) is 2.71. The molecule has 0 fully saturated rings. The maximum Gasteiger partial charge on any atom is 0.159 e. The molecule has 0 aliphatic carbocycles. The summed E-state index contributed by atoms with van der Waals surface area (Å²) in [7, 11) is 0. The van der Waals surface area contributed by atoms with Crippen LogP contribution < -0.4 is 9.64 Å². The quantitative estimate of drug-likeness (QED) is 0.276. The van der Waals surface area contributed by atoms with E-state index in [1.807, 2.05) is 6.07 Å². The van der Waals surface area contributed by atoms with E-state index < -0.39 is 0 Å². The molecule has 0 amide bonds. The highest BCUT2D eigenvalue weighted by molar-refractivity contribution is 6.00. The van der Waals surface area contributed by atoms with Crippen molar-refractivity contribution in [2.75, 3.05) is 4.90 Å². The lowest BCUT2D eigenvalue weighted by molar-refractivity contribution is 0.482. The summed E-state index contributed by atoms with van der Waals surface area (Å²) in [6.45, 7) is 13.4. The summed E-state index contributed by atoms with van der Waals surface area (Å²) in [5.41, 5.74) is 8.68. The van der Waals surface area contributed by atoms with Crippen molar-refractivity contribution < 1.29 is 4.74 Å². The normalized spacial score (nSPS) is 13.0. The third kappa shape index (κ3) is 3.18. The number of ether oxygens (including phenoxy) is 1. The van der Waals surface area contributed by atoms with Gasteiger partial charge in [-0.05, 0) is 66.5 Å². The Kier molecular flexibility index (Phi) is 4.37. The maximum atomic E-state index is 6.50. The van der Waals surface area contributed by atoms with Crippen LogP contribution in [0.25, 0.3) is 10.8 Å². The lowest BCUT2D eigenvalue weighted by Gasteiger charge is -2.36. The van der Waals surface area contributed by atoms with Crippen LogP contribution in [-0.4, -0.2) is 0 Å². The van der Waals surface area contributed by atoms with E-state index >= 15 is 0 Å². The van der Waals surface area contributed by atoms with E-state index in [9.17, 15) is 0 Å². The molecule has 1 aliphatic heterocycles. The van der Waals surface area contributed by atoms with Gasteiger partial charge in [-0.1, -0.05) is 74.9 Å². The molecule has 0 spiro atoms. The molecule has 2 heteroatoms. The van der Waals surface area contributed by atoms with Gasteiger partial charge >= 0.3 is 0 Å². The van der Waals surface area contributed by atoms with Gasteiger partial charge in [-0.3, -0.25) is 0 Å². The van der Waals surface area contributed by atoms with Crippen LogP contribution in [0.4, 0.5) is 17.1 Å². The number of hydrogen-bond acceptors (Lipinski definition) is 2. The van der Waals surface area contributed by atoms with E-state index in [4.69, 9.17) is 4.74 Å². The molecule has 2 nitrogen and oxygen atoms in total. The number of anilines is 3. The Morgan fingerprint density at radius 1 is 0.742 bits per heavy atom. The van der Waals surface area contributed by atoms with Gasteiger partial charge in [0.1, 0.15) is 0 Å². The molecule has 4 aromatic rings. The monoisotopic (exact) mass is 407 g/mol. The van der Waals surface area contributed by atoms with Gasteiger partial charge in [0.15, 0.2) is 11.5 Å². The van der Waals surface area contributed by atoms with Crippen molar-refractivity contribution in [1.82, 2.24) is 0 Å². The first-order valence-electron chi connectivity index (χ1n) is 11.0. The highest BCUT2D eigenvalue weighted by atomic mass is 16.5. The number of aryl methyl sites for hydroxylation is 3. The molecule has 0 radical (unpaired) electrons. The number of rotatable bonds is 1. The van der Waals surface area contributed by atoms with Crippen molar-refractivity contribution in [2.24, 2.45) is 0 Å². The van der Waals surface area contributed by atoms with Crippen molar-refractivity contribution in [3.8, 4) is 11.5 Å². The number of fused-ring (bicyclic) bond motifs is 4. The van der Waals surface area contributed by atoms with E-state index in [-0.39, 0.29) is 5.41 Å². The highest BCUT2D eigenvalue weighted by Crippen LogP contribution is 2.54. The molecule has 4 aromatic carbocycles. The molecular formula is C29H29NO. The maximum absolute atomic E-state index is 6.50. The predicted octanol–water partition coefficient (Wildman–Crippen LogP) is 8.64. The van der Waals surface area contributed by atoms with Gasteiger partial charge in [0.05, 0.1) is 17.1 Å². The molecule has 0 saturated heterocycles. The molecule has 0 unspecified atom stereocenters. The first kappa shape index (κ1) is 19.7. The molecular weight excluding hydrogens is 378 g/mol. The van der Waals surface area contributed by atoms with Crippen LogP contribution in [0.1, 0.15) is 43.0 Å². The van der Waals surface area contributed by atoms with Gasteiger partial charge in [-0.15, -0.1) is 0 Å². The number of para-hydroxylation sites is 2. The summed E-state index contributed by atoms with van der Waals surface area (Å²) >= 11 is 0. The topological polar surface area (TPSA) is 12.5 Å². The van der Waals surface area contributed by atoms with E-state index in [0.29, 0.717) is 0 Å². The summed E-state index contributed by atoms with van der Waals surface area (Å²) in [4.78, 5) is 2.38. The summed E-state index contributed by atoms with van der Waals surface area (Å²) in [6.07, 6.45) is 0. The van der Waals surface area contributed by atoms with Crippen molar-refractivity contribution in [1.29, 1.82) is 0 Å². The van der Waals surface area contributed by atoms with Crippen LogP contribution in [0, 0.1) is 20.8 Å². The Bertz CT molecular complexity index is 1300. The zero-order valence-corrected chi connectivity index (χ0v) is 19.2. The largest absolute Gasteiger partial charge is 0.452 e. The minimum atomic E-state index is 0.114. The third-order valence-corrected chi connectivity index (χ3v) is 6.24. The van der Waals surface area contributed by atoms with E-state index in [2.05, 4.69) is 107 Å². The van der Waals surface area contributed by atoms with Gasteiger partial charge < -0.3 is 9.64 Å². The molecule has 0 atom stereocenters. The van der Waals surface area contributed by atoms with Gasteiger partial charge in [-0.25, -0.2) is 0 Å². The van der Waals surface area contributed by atoms with Crippen LogP contribution in [0.2, 0.25) is 0 Å². The molecule has 31 heavy (non-hydrogen) atoms. The lowest BCUT2D eigenvalue weighted by Crippen LogP contribution is -2.19. The number of hydrogen-bond donors (Lipinski definition) is 0. The Hall–Kier alpha value is -3.26. The Labute approximate surface area is 185 Å². The third-order valence-electron chi connectivity index (χ3n) is 6.24. The summed E-state index contributed by atoms with van der Waals surface area (Å²) in [5.74, 6) is 1.82. The molecule has 5 rings (SSSR count). The van der Waals surface area contributed by atoms with Crippen LogP contribution in [0.3, 0.4) is 0 Å². The standard InChI is InChI=1S/C29H29NO/c1-18-11-13-23-21(15-18)12-14-25-28(23)31-26-10-8-7-9-24(26)30(25)27-19(2)16-22(17-20(27)3)29(4,5)6/h7-17H,1-6H3. The molecule has 156 valence electrons. The van der Waals surface area contributed by atoms with Gasteiger partial charge in [0.25, 0.3) is 0 Å². The van der Waals surface area contributed by atoms with Crippen LogP contribution in [0.15, 0.2) is 66.7 Å². The Morgan fingerprint density at radius 3 is 2.16 bits per heavy atom. The molecule has 1 aliphatic rings. The fourth-order valence-electron chi connectivity index (χ4n) is 4.64. The molecule has 0 saturated carbocycles. The van der Waals surface area contributed by atoms with Crippen LogP contribution >= 0.6 is 0 Å². The summed E-state index contributed by atoms with van der Waals surface area (Å²) < 4.78 is 6.50. The second-order valence-corrected chi connectivity index (χ2v) is 9.75. The van der Waals surface area contributed by atoms with Crippen molar-refractivity contribution in [3.63, 3.8) is 0 Å². The minimum absolute atomic E-state index is 0.114. The highest BCUT2D eigenvalue weighted by Gasteiger charge is 2.29. The zero-order valence-electron chi connectivity index (χ0n) is 19.2. The van der Waals surface area contributed by atoms with Crippen molar-refractivity contribution >= 4 is 27.8 Å². The first-order valence-corrected chi connectivity index (χ1v) is 11.0. The van der Waals surface area contributed by atoms with E-state index in [1.54, 1.807) is 0 Å². The Morgan fingerprint density at radius 2 is 1.45 bits per heavy atom. The first-order chi connectivity index (χ1) is 14.7. The Balaban J connectivity index is 1.80. The average molecular weight is 408 g/mol. The molecule has 0 aromatic heterocycles. The van der Waals surface area contributed by atoms with Gasteiger partial charge in [-0.2, -0.15) is 0 Å². The van der Waals surface area contributed by atoms with E-state index in [0.717, 1.165) is 28.3 Å². The number of benzene rings is 4. The molecule has 0 bridgehead atoms. The number of nitrogens with zero attached hydrogens (tertiary/aromatic N) is 1. The second kappa shape index (κ2) is 6.88. The van der Waals surface area contributed by atoms with E-state index in [1.165, 1.54) is 33.3 Å².